The first kappa shape index (κ1) is 10.1. The molecule has 0 spiro atoms. The molecule has 0 fully saturated rings. The molecule has 4 nitrogen and oxygen atoms in total. The van der Waals surface area contributed by atoms with Crippen LogP contribution >= 0.6 is 11.6 Å². The van der Waals surface area contributed by atoms with E-state index in [9.17, 15) is 0 Å². The Kier molecular flexibility index (Phi) is 2.99. The van der Waals surface area contributed by atoms with E-state index in [1.807, 2.05) is 24.3 Å². The van der Waals surface area contributed by atoms with Gasteiger partial charge < -0.3 is 5.11 Å². The van der Waals surface area contributed by atoms with Gasteiger partial charge in [-0.3, -0.25) is 0 Å². The lowest BCUT2D eigenvalue weighted by molar-refractivity contribution is 0.268. The second-order valence-electron chi connectivity index (χ2n) is 3.10. The monoisotopic (exact) mass is 223 g/mol. The van der Waals surface area contributed by atoms with Crippen molar-refractivity contribution in [1.29, 1.82) is 0 Å². The largest absolute Gasteiger partial charge is 0.394 e. The molecule has 1 heterocycles. The first-order valence-corrected chi connectivity index (χ1v) is 4.94. The third kappa shape index (κ3) is 2.34. The summed E-state index contributed by atoms with van der Waals surface area (Å²) in [6.45, 7) is 0.506. The number of nitrogens with zero attached hydrogens (tertiary/aromatic N) is 3. The fourth-order valence-electron chi connectivity index (χ4n) is 1.29. The number of halogens is 1. The van der Waals surface area contributed by atoms with Crippen LogP contribution in [0.4, 0.5) is 0 Å². The van der Waals surface area contributed by atoms with E-state index in [-0.39, 0.29) is 6.61 Å². The van der Waals surface area contributed by atoms with Gasteiger partial charge in [0.1, 0.15) is 5.69 Å². The number of hydrogen-bond donors (Lipinski definition) is 1. The van der Waals surface area contributed by atoms with Crippen molar-refractivity contribution in [3.63, 3.8) is 0 Å². The number of aromatic nitrogens is 3. The van der Waals surface area contributed by atoms with Crippen molar-refractivity contribution >= 4 is 11.6 Å². The summed E-state index contributed by atoms with van der Waals surface area (Å²) in [5, 5.41) is 17.3. The van der Waals surface area contributed by atoms with Gasteiger partial charge in [-0.2, -0.15) is 0 Å². The average molecular weight is 224 g/mol. The molecule has 2 rings (SSSR count). The summed E-state index contributed by atoms with van der Waals surface area (Å²) in [4.78, 5) is 0. The first-order valence-electron chi connectivity index (χ1n) is 4.56. The van der Waals surface area contributed by atoms with Crippen molar-refractivity contribution in [3.05, 3.63) is 35.5 Å². The van der Waals surface area contributed by atoms with E-state index in [1.54, 1.807) is 10.9 Å². The van der Waals surface area contributed by atoms with Crippen molar-refractivity contribution in [2.75, 3.05) is 6.61 Å². The second kappa shape index (κ2) is 4.42. The molecule has 15 heavy (non-hydrogen) atoms. The van der Waals surface area contributed by atoms with E-state index in [0.29, 0.717) is 11.6 Å². The number of aliphatic hydroxyl groups excluding tert-OH is 1. The summed E-state index contributed by atoms with van der Waals surface area (Å²) in [5.74, 6) is 0. The molecule has 0 saturated carbocycles. The predicted molar refractivity (Wildman–Crippen MR) is 57.6 cm³/mol. The number of hydrogen-bond acceptors (Lipinski definition) is 3. The second-order valence-corrected chi connectivity index (χ2v) is 3.54. The third-order valence-corrected chi connectivity index (χ3v) is 2.22. The molecule has 1 N–H and O–H groups in total. The van der Waals surface area contributed by atoms with Gasteiger partial charge >= 0.3 is 0 Å². The Labute approximate surface area is 92.1 Å². The highest BCUT2D eigenvalue weighted by Gasteiger charge is 2.03. The van der Waals surface area contributed by atoms with E-state index < -0.39 is 0 Å². The molecule has 0 atom stereocenters. The zero-order valence-corrected chi connectivity index (χ0v) is 8.72. The molecule has 1 aromatic heterocycles. The van der Waals surface area contributed by atoms with E-state index >= 15 is 0 Å². The molecule has 0 aliphatic heterocycles. The molecule has 2 aromatic rings. The molecule has 78 valence electrons. The van der Waals surface area contributed by atoms with Crippen LogP contribution in [0.2, 0.25) is 5.02 Å². The minimum atomic E-state index is 0.0539. The van der Waals surface area contributed by atoms with Gasteiger partial charge in [0.15, 0.2) is 0 Å². The van der Waals surface area contributed by atoms with Crippen LogP contribution in [0, 0.1) is 0 Å². The molecule has 0 unspecified atom stereocenters. The van der Waals surface area contributed by atoms with E-state index in [1.165, 1.54) is 0 Å². The number of benzene rings is 1. The highest BCUT2D eigenvalue weighted by Crippen LogP contribution is 2.19. The standard InChI is InChI=1S/C10H10ClN3O/c11-9-3-1-2-8(6-9)10-7-14(4-5-15)13-12-10/h1-3,6-7,15H,4-5H2. The SMILES string of the molecule is OCCn1cc(-c2cccc(Cl)c2)nn1. The summed E-state index contributed by atoms with van der Waals surface area (Å²) in [5.41, 5.74) is 1.68. The van der Waals surface area contributed by atoms with Gasteiger partial charge in [-0.25, -0.2) is 4.68 Å². The summed E-state index contributed by atoms with van der Waals surface area (Å²) >= 11 is 5.87. The van der Waals surface area contributed by atoms with Gasteiger partial charge in [0, 0.05) is 10.6 Å². The first-order chi connectivity index (χ1) is 7.29. The Morgan fingerprint density at radius 1 is 1.40 bits per heavy atom. The van der Waals surface area contributed by atoms with Crippen molar-refractivity contribution < 1.29 is 5.11 Å². The summed E-state index contributed by atoms with van der Waals surface area (Å²) in [6.07, 6.45) is 1.78. The molecule has 0 aliphatic rings. The zero-order chi connectivity index (χ0) is 10.7. The number of rotatable bonds is 3. The maximum Gasteiger partial charge on any atom is 0.113 e. The van der Waals surface area contributed by atoms with Gasteiger partial charge in [-0.15, -0.1) is 5.10 Å². The minimum absolute atomic E-state index is 0.0539. The van der Waals surface area contributed by atoms with Crippen molar-refractivity contribution in [3.8, 4) is 11.3 Å². The third-order valence-electron chi connectivity index (χ3n) is 1.99. The van der Waals surface area contributed by atoms with Gasteiger partial charge in [-0.1, -0.05) is 28.9 Å². The topological polar surface area (TPSA) is 50.9 Å². The van der Waals surface area contributed by atoms with Gasteiger partial charge in [0.2, 0.25) is 0 Å². The lowest BCUT2D eigenvalue weighted by Crippen LogP contribution is -2.01. The Bertz CT molecular complexity index is 455. The van der Waals surface area contributed by atoms with Crippen molar-refractivity contribution in [2.24, 2.45) is 0 Å². The highest BCUT2D eigenvalue weighted by molar-refractivity contribution is 6.30. The van der Waals surface area contributed by atoms with Crippen LogP contribution in [-0.4, -0.2) is 26.7 Å². The van der Waals surface area contributed by atoms with Crippen LogP contribution in [0.15, 0.2) is 30.5 Å². The maximum atomic E-state index is 8.73. The normalized spacial score (nSPS) is 10.5. The van der Waals surface area contributed by atoms with Crippen LogP contribution in [0.3, 0.4) is 0 Å². The molecule has 0 bridgehead atoms. The Hall–Kier alpha value is -1.39. The molecule has 1 aromatic carbocycles. The fourth-order valence-corrected chi connectivity index (χ4v) is 1.48. The molecular weight excluding hydrogens is 214 g/mol. The summed E-state index contributed by atoms with van der Waals surface area (Å²) < 4.78 is 1.59. The quantitative estimate of drug-likeness (QED) is 0.860. The van der Waals surface area contributed by atoms with Crippen LogP contribution in [-0.2, 0) is 6.54 Å². The van der Waals surface area contributed by atoms with Gasteiger partial charge in [0.05, 0.1) is 19.3 Å². The minimum Gasteiger partial charge on any atom is -0.394 e. The molecule has 0 radical (unpaired) electrons. The average Bonchev–Trinajstić information content (AvgIpc) is 2.67. The lowest BCUT2D eigenvalue weighted by atomic mass is 10.2. The molecule has 0 aliphatic carbocycles. The van der Waals surface area contributed by atoms with Gasteiger partial charge in [-0.05, 0) is 12.1 Å². The Balaban J connectivity index is 2.29. The van der Waals surface area contributed by atoms with Crippen LogP contribution in [0.1, 0.15) is 0 Å². The maximum absolute atomic E-state index is 8.73. The lowest BCUT2D eigenvalue weighted by Gasteiger charge is -1.95. The molecular formula is C10H10ClN3O. The Morgan fingerprint density at radius 3 is 3.00 bits per heavy atom. The summed E-state index contributed by atoms with van der Waals surface area (Å²) in [7, 11) is 0. The summed E-state index contributed by atoms with van der Waals surface area (Å²) in [6, 6.07) is 7.42. The van der Waals surface area contributed by atoms with Crippen LogP contribution in [0.25, 0.3) is 11.3 Å². The van der Waals surface area contributed by atoms with Crippen LogP contribution in [0.5, 0.6) is 0 Å². The Morgan fingerprint density at radius 2 is 2.27 bits per heavy atom. The van der Waals surface area contributed by atoms with Gasteiger partial charge in [0.25, 0.3) is 0 Å². The molecule has 0 saturated heterocycles. The van der Waals surface area contributed by atoms with Crippen molar-refractivity contribution in [1.82, 2.24) is 15.0 Å². The molecule has 0 amide bonds. The smallest absolute Gasteiger partial charge is 0.113 e. The van der Waals surface area contributed by atoms with E-state index in [0.717, 1.165) is 11.3 Å². The number of aliphatic hydroxyl groups is 1. The highest BCUT2D eigenvalue weighted by atomic mass is 35.5. The molecule has 5 heteroatoms. The zero-order valence-electron chi connectivity index (χ0n) is 7.97. The fraction of sp³-hybridized carbons (Fsp3) is 0.200. The van der Waals surface area contributed by atoms with Crippen molar-refractivity contribution in [2.45, 2.75) is 6.54 Å². The van der Waals surface area contributed by atoms with E-state index in [2.05, 4.69) is 10.3 Å². The van der Waals surface area contributed by atoms with E-state index in [4.69, 9.17) is 16.7 Å². The van der Waals surface area contributed by atoms with Crippen LogP contribution < -0.4 is 0 Å². The predicted octanol–water partition coefficient (Wildman–Crippen LogP) is 1.59.